The van der Waals surface area contributed by atoms with Crippen LogP contribution in [0.5, 0.6) is 11.8 Å². The largest absolute Gasteiger partial charge is 0.494 e. The van der Waals surface area contributed by atoms with Crippen molar-refractivity contribution in [1.82, 2.24) is 24.7 Å². The van der Waals surface area contributed by atoms with Gasteiger partial charge < -0.3 is 9.47 Å². The minimum atomic E-state index is 0.320. The Labute approximate surface area is 150 Å². The number of fused-ring (bicyclic) bond motifs is 1. The van der Waals surface area contributed by atoms with Gasteiger partial charge in [-0.25, -0.2) is 15.0 Å². The minimum Gasteiger partial charge on any atom is -0.494 e. The van der Waals surface area contributed by atoms with Gasteiger partial charge in [0.25, 0.3) is 0 Å². The first-order valence-electron chi connectivity index (χ1n) is 8.09. The third-order valence-electron chi connectivity index (χ3n) is 4.08. The maximum absolute atomic E-state index is 5.47. The predicted molar refractivity (Wildman–Crippen MR) is 97.2 cm³/mol. The Morgan fingerprint density at radius 2 is 1.88 bits per heavy atom. The molecule has 0 N–H and O–H groups in total. The molecular formula is C19H17N5O2. The number of pyridine rings is 1. The number of benzene rings is 1. The SMILES string of the molecule is COc1ncc(-c2nc3c(OC)cccc3cc2Cn2cccn2)cn1. The molecule has 26 heavy (non-hydrogen) atoms. The molecule has 0 saturated carbocycles. The van der Waals surface area contributed by atoms with E-state index in [4.69, 9.17) is 14.5 Å². The van der Waals surface area contributed by atoms with Crippen molar-refractivity contribution in [1.29, 1.82) is 0 Å². The van der Waals surface area contributed by atoms with Gasteiger partial charge in [-0.1, -0.05) is 12.1 Å². The lowest BCUT2D eigenvalue weighted by molar-refractivity contribution is 0.380. The van der Waals surface area contributed by atoms with E-state index >= 15 is 0 Å². The minimum absolute atomic E-state index is 0.320. The zero-order chi connectivity index (χ0) is 17.9. The highest BCUT2D eigenvalue weighted by atomic mass is 16.5. The molecule has 0 bridgehead atoms. The van der Waals surface area contributed by atoms with Crippen LogP contribution in [0.1, 0.15) is 5.56 Å². The number of aromatic nitrogens is 5. The molecule has 7 heteroatoms. The third kappa shape index (κ3) is 2.95. The van der Waals surface area contributed by atoms with Crippen molar-refractivity contribution in [2.24, 2.45) is 0 Å². The molecule has 0 aliphatic rings. The average molecular weight is 347 g/mol. The highest BCUT2D eigenvalue weighted by Gasteiger charge is 2.14. The van der Waals surface area contributed by atoms with Gasteiger partial charge in [-0.15, -0.1) is 0 Å². The van der Waals surface area contributed by atoms with E-state index in [0.29, 0.717) is 12.6 Å². The Balaban J connectivity index is 1.90. The molecule has 0 aliphatic carbocycles. The second kappa shape index (κ2) is 6.79. The lowest BCUT2D eigenvalue weighted by Gasteiger charge is -2.13. The van der Waals surface area contributed by atoms with Crippen molar-refractivity contribution in [3.8, 4) is 23.0 Å². The Bertz CT molecular complexity index is 1030. The topological polar surface area (TPSA) is 75.0 Å². The van der Waals surface area contributed by atoms with Gasteiger partial charge in [0.2, 0.25) is 0 Å². The molecule has 0 saturated heterocycles. The highest BCUT2D eigenvalue weighted by Crippen LogP contribution is 2.30. The highest BCUT2D eigenvalue weighted by molar-refractivity contribution is 5.88. The smallest absolute Gasteiger partial charge is 0.316 e. The number of para-hydroxylation sites is 1. The van der Waals surface area contributed by atoms with Crippen molar-refractivity contribution >= 4 is 10.9 Å². The fourth-order valence-electron chi connectivity index (χ4n) is 2.86. The second-order valence-corrected chi connectivity index (χ2v) is 5.69. The van der Waals surface area contributed by atoms with Crippen LogP contribution in [0.15, 0.2) is 55.1 Å². The molecule has 0 aliphatic heterocycles. The summed E-state index contributed by atoms with van der Waals surface area (Å²) in [6.45, 7) is 0.592. The third-order valence-corrected chi connectivity index (χ3v) is 4.08. The van der Waals surface area contributed by atoms with E-state index in [9.17, 15) is 0 Å². The summed E-state index contributed by atoms with van der Waals surface area (Å²) < 4.78 is 12.4. The van der Waals surface area contributed by atoms with Gasteiger partial charge in [0.15, 0.2) is 0 Å². The number of methoxy groups -OCH3 is 2. The van der Waals surface area contributed by atoms with Gasteiger partial charge in [0.1, 0.15) is 11.3 Å². The molecule has 4 rings (SSSR count). The molecule has 0 fully saturated rings. The monoisotopic (exact) mass is 347 g/mol. The van der Waals surface area contributed by atoms with Crippen LogP contribution in [0.25, 0.3) is 22.2 Å². The van der Waals surface area contributed by atoms with Crippen molar-refractivity contribution in [2.75, 3.05) is 14.2 Å². The second-order valence-electron chi connectivity index (χ2n) is 5.69. The molecule has 0 radical (unpaired) electrons. The van der Waals surface area contributed by atoms with Gasteiger partial charge >= 0.3 is 6.01 Å². The molecule has 130 valence electrons. The van der Waals surface area contributed by atoms with Crippen LogP contribution in [0.4, 0.5) is 0 Å². The van der Waals surface area contributed by atoms with E-state index in [2.05, 4.69) is 21.1 Å². The maximum atomic E-state index is 5.47. The van der Waals surface area contributed by atoms with Crippen LogP contribution < -0.4 is 9.47 Å². The number of nitrogens with zero attached hydrogens (tertiary/aromatic N) is 5. The zero-order valence-corrected chi connectivity index (χ0v) is 14.5. The summed E-state index contributed by atoms with van der Waals surface area (Å²) in [5, 5.41) is 5.30. The van der Waals surface area contributed by atoms with Crippen LogP contribution in [-0.2, 0) is 6.54 Å². The van der Waals surface area contributed by atoms with E-state index in [1.807, 2.05) is 35.1 Å². The summed E-state index contributed by atoms with van der Waals surface area (Å²) in [6.07, 6.45) is 7.10. The van der Waals surface area contributed by atoms with Gasteiger partial charge in [0, 0.05) is 41.3 Å². The first-order valence-corrected chi connectivity index (χ1v) is 8.09. The van der Waals surface area contributed by atoms with E-state index in [0.717, 1.165) is 33.5 Å². The van der Waals surface area contributed by atoms with E-state index < -0.39 is 0 Å². The van der Waals surface area contributed by atoms with Crippen molar-refractivity contribution in [2.45, 2.75) is 6.54 Å². The lowest BCUT2D eigenvalue weighted by atomic mass is 10.0. The first kappa shape index (κ1) is 16.0. The molecule has 7 nitrogen and oxygen atoms in total. The number of hydrogen-bond acceptors (Lipinski definition) is 6. The van der Waals surface area contributed by atoms with Crippen molar-refractivity contribution < 1.29 is 9.47 Å². The lowest BCUT2D eigenvalue weighted by Crippen LogP contribution is -2.04. The summed E-state index contributed by atoms with van der Waals surface area (Å²) in [7, 11) is 3.18. The van der Waals surface area contributed by atoms with E-state index in [1.54, 1.807) is 25.7 Å². The molecule has 0 atom stereocenters. The number of hydrogen-bond donors (Lipinski definition) is 0. The predicted octanol–water partition coefficient (Wildman–Crippen LogP) is 2.95. The first-order chi connectivity index (χ1) is 12.8. The van der Waals surface area contributed by atoms with E-state index in [1.165, 1.54) is 7.11 Å². The van der Waals surface area contributed by atoms with Crippen LogP contribution in [-0.4, -0.2) is 39.0 Å². The molecule has 0 unspecified atom stereocenters. The van der Waals surface area contributed by atoms with Gasteiger partial charge in [-0.2, -0.15) is 5.10 Å². The molecule has 0 amide bonds. The summed E-state index contributed by atoms with van der Waals surface area (Å²) in [5.41, 5.74) is 3.41. The fourth-order valence-corrected chi connectivity index (χ4v) is 2.86. The fraction of sp³-hybridized carbons (Fsp3) is 0.158. The summed E-state index contributed by atoms with van der Waals surface area (Å²) in [4.78, 5) is 13.3. The summed E-state index contributed by atoms with van der Waals surface area (Å²) in [5.74, 6) is 0.726. The van der Waals surface area contributed by atoms with Gasteiger partial charge in [0.05, 0.1) is 26.5 Å². The Morgan fingerprint density at radius 3 is 2.58 bits per heavy atom. The van der Waals surface area contributed by atoms with Gasteiger partial charge in [-0.3, -0.25) is 4.68 Å². The maximum Gasteiger partial charge on any atom is 0.316 e. The quantitative estimate of drug-likeness (QED) is 0.552. The van der Waals surface area contributed by atoms with E-state index in [-0.39, 0.29) is 0 Å². The van der Waals surface area contributed by atoms with Crippen LogP contribution in [0, 0.1) is 0 Å². The Hall–Kier alpha value is -3.48. The van der Waals surface area contributed by atoms with Crippen LogP contribution in [0.3, 0.4) is 0 Å². The van der Waals surface area contributed by atoms with Crippen molar-refractivity contribution in [3.05, 3.63) is 60.7 Å². The normalized spacial score (nSPS) is 10.8. The standard InChI is InChI=1S/C19H17N5O2/c1-25-16-6-3-5-13-9-14(12-24-8-4-7-22-24)17(23-18(13)16)15-10-20-19(26-2)21-11-15/h3-11H,12H2,1-2H3. The number of ether oxygens (including phenoxy) is 2. The zero-order valence-electron chi connectivity index (χ0n) is 14.5. The van der Waals surface area contributed by atoms with Crippen molar-refractivity contribution in [3.63, 3.8) is 0 Å². The van der Waals surface area contributed by atoms with Crippen LogP contribution in [0.2, 0.25) is 0 Å². The Morgan fingerprint density at radius 1 is 1.04 bits per heavy atom. The summed E-state index contributed by atoms with van der Waals surface area (Å²) in [6, 6.07) is 10.2. The Kier molecular flexibility index (Phi) is 4.18. The molecule has 3 heterocycles. The molecule has 1 aromatic carbocycles. The molecular weight excluding hydrogens is 330 g/mol. The molecule has 3 aromatic heterocycles. The van der Waals surface area contributed by atoms with Gasteiger partial charge in [-0.05, 0) is 18.2 Å². The summed E-state index contributed by atoms with van der Waals surface area (Å²) >= 11 is 0. The molecule has 0 spiro atoms. The van der Waals surface area contributed by atoms with Crippen LogP contribution >= 0.6 is 0 Å². The molecule has 4 aromatic rings. The number of rotatable bonds is 5. The average Bonchev–Trinajstić information content (AvgIpc) is 3.20.